The third-order valence-electron chi connectivity index (χ3n) is 7.34. The Bertz CT molecular complexity index is 1740. The smallest absolute Gasteiger partial charge is 0.284 e. The van der Waals surface area contributed by atoms with Gasteiger partial charge in [0, 0.05) is 25.9 Å². The second-order valence-electron chi connectivity index (χ2n) is 10.3. The lowest BCUT2D eigenvalue weighted by molar-refractivity contribution is -0.687. The van der Waals surface area contributed by atoms with Gasteiger partial charge in [0.2, 0.25) is 0 Å². The standard InChI is InChI=1S/C35H30Cl2N3/c1-38(2)32-18-13-25(14-19-32)15-20-33-39(23-26-11-16-28-7-3-5-9-30(28)21-26)34(36)35(37)40(33)24-27-12-17-29-8-4-6-10-31(29)22-27/h3-22H,23-24H2,1-2H3/q+1. The summed E-state index contributed by atoms with van der Waals surface area (Å²) in [5.41, 5.74) is 4.59. The Morgan fingerprint density at radius 3 is 1.88 bits per heavy atom. The molecule has 0 aliphatic heterocycles. The Balaban J connectivity index is 1.42. The van der Waals surface area contributed by atoms with Gasteiger partial charge in [-0.1, -0.05) is 84.9 Å². The van der Waals surface area contributed by atoms with Crippen LogP contribution in [0.5, 0.6) is 0 Å². The van der Waals surface area contributed by atoms with Crippen molar-refractivity contribution in [1.82, 2.24) is 4.57 Å². The number of halogens is 2. The molecule has 1 aromatic heterocycles. The topological polar surface area (TPSA) is 12.1 Å². The van der Waals surface area contributed by atoms with E-state index in [1.807, 2.05) is 14.1 Å². The minimum atomic E-state index is 0.526. The third-order valence-corrected chi connectivity index (χ3v) is 8.20. The van der Waals surface area contributed by atoms with Crippen molar-refractivity contribution in [2.24, 2.45) is 0 Å². The Morgan fingerprint density at radius 2 is 1.25 bits per heavy atom. The van der Waals surface area contributed by atoms with Crippen LogP contribution in [-0.4, -0.2) is 18.7 Å². The summed E-state index contributed by atoms with van der Waals surface area (Å²) in [7, 11) is 4.09. The highest BCUT2D eigenvalue weighted by Gasteiger charge is 2.27. The molecule has 0 spiro atoms. The van der Waals surface area contributed by atoms with Crippen molar-refractivity contribution in [3.05, 3.63) is 142 Å². The van der Waals surface area contributed by atoms with Gasteiger partial charge in [-0.2, -0.15) is 0 Å². The molecule has 0 radical (unpaired) electrons. The number of aromatic nitrogens is 2. The normalized spacial score (nSPS) is 11.6. The van der Waals surface area contributed by atoms with Crippen LogP contribution in [0.1, 0.15) is 22.5 Å². The summed E-state index contributed by atoms with van der Waals surface area (Å²) in [6.45, 7) is 1.21. The number of hydrogen-bond donors (Lipinski definition) is 0. The number of fused-ring (bicyclic) bond motifs is 2. The molecule has 0 unspecified atom stereocenters. The highest BCUT2D eigenvalue weighted by molar-refractivity contribution is 6.40. The SMILES string of the molecule is CN(C)c1ccc(/C=C/c2n(Cc3ccc4ccccc4c3)c(Cl)c(Cl)[n+]2Cc2ccc3ccccc3c2)cc1. The maximum absolute atomic E-state index is 6.96. The fraction of sp³-hybridized carbons (Fsp3) is 0.114. The summed E-state index contributed by atoms with van der Waals surface area (Å²) in [5, 5.41) is 5.90. The molecule has 0 saturated heterocycles. The van der Waals surface area contributed by atoms with Gasteiger partial charge in [0.15, 0.2) is 0 Å². The zero-order chi connectivity index (χ0) is 27.6. The molecule has 0 bridgehead atoms. The average Bonchev–Trinajstić information content (AvgIpc) is 3.19. The van der Waals surface area contributed by atoms with Gasteiger partial charge in [0.05, 0.1) is 0 Å². The second kappa shape index (κ2) is 11.2. The van der Waals surface area contributed by atoms with E-state index in [9.17, 15) is 0 Å². The molecule has 198 valence electrons. The van der Waals surface area contributed by atoms with E-state index in [1.165, 1.54) is 21.5 Å². The van der Waals surface area contributed by atoms with E-state index >= 15 is 0 Å². The van der Waals surface area contributed by atoms with Crippen LogP contribution in [0.3, 0.4) is 0 Å². The Labute approximate surface area is 245 Å². The summed E-state index contributed by atoms with van der Waals surface area (Å²) < 4.78 is 4.19. The van der Waals surface area contributed by atoms with Gasteiger partial charge in [0.25, 0.3) is 16.1 Å². The predicted molar refractivity (Wildman–Crippen MR) is 170 cm³/mol. The zero-order valence-corrected chi connectivity index (χ0v) is 24.1. The van der Waals surface area contributed by atoms with E-state index in [0.29, 0.717) is 23.4 Å². The summed E-state index contributed by atoms with van der Waals surface area (Å²) in [6.07, 6.45) is 4.24. The molecular formula is C35H30Cl2N3+. The number of hydrogen-bond acceptors (Lipinski definition) is 1. The number of nitrogens with zero attached hydrogens (tertiary/aromatic N) is 3. The van der Waals surface area contributed by atoms with Crippen LogP contribution < -0.4 is 9.47 Å². The van der Waals surface area contributed by atoms with Crippen LogP contribution in [-0.2, 0) is 13.1 Å². The third kappa shape index (κ3) is 5.36. The Kier molecular flexibility index (Phi) is 7.34. The van der Waals surface area contributed by atoms with Crippen molar-refractivity contribution in [2.45, 2.75) is 13.1 Å². The quantitative estimate of drug-likeness (QED) is 0.177. The Morgan fingerprint density at radius 1 is 0.675 bits per heavy atom. The summed E-state index contributed by atoms with van der Waals surface area (Å²) in [4.78, 5) is 2.10. The van der Waals surface area contributed by atoms with Crippen LogP contribution in [0.25, 0.3) is 33.7 Å². The number of imidazole rings is 1. The molecule has 1 heterocycles. The van der Waals surface area contributed by atoms with Gasteiger partial charge in [0.1, 0.15) is 13.1 Å². The van der Waals surface area contributed by atoms with E-state index in [-0.39, 0.29) is 0 Å². The number of benzene rings is 5. The van der Waals surface area contributed by atoms with Crippen molar-refractivity contribution < 1.29 is 4.57 Å². The molecule has 6 rings (SSSR count). The lowest BCUT2D eigenvalue weighted by Crippen LogP contribution is -2.37. The molecule has 3 nitrogen and oxygen atoms in total. The zero-order valence-electron chi connectivity index (χ0n) is 22.6. The highest BCUT2D eigenvalue weighted by Crippen LogP contribution is 2.27. The van der Waals surface area contributed by atoms with Crippen molar-refractivity contribution in [1.29, 1.82) is 0 Å². The fourth-order valence-corrected chi connectivity index (χ4v) is 5.64. The van der Waals surface area contributed by atoms with Gasteiger partial charge < -0.3 is 4.90 Å². The maximum atomic E-state index is 6.96. The molecule has 0 amide bonds. The van der Waals surface area contributed by atoms with Crippen LogP contribution in [0.15, 0.2) is 109 Å². The number of rotatable bonds is 7. The van der Waals surface area contributed by atoms with E-state index in [2.05, 4.69) is 135 Å². The van der Waals surface area contributed by atoms with Crippen molar-refractivity contribution in [3.8, 4) is 0 Å². The van der Waals surface area contributed by atoms with E-state index in [4.69, 9.17) is 23.2 Å². The minimum absolute atomic E-state index is 0.526. The second-order valence-corrected chi connectivity index (χ2v) is 11.0. The molecule has 0 saturated carbocycles. The van der Waals surface area contributed by atoms with E-state index < -0.39 is 0 Å². The van der Waals surface area contributed by atoms with Gasteiger partial charge in [-0.25, -0.2) is 9.13 Å². The predicted octanol–water partition coefficient (Wildman–Crippen LogP) is 8.72. The molecule has 0 fully saturated rings. The van der Waals surface area contributed by atoms with Crippen molar-refractivity contribution in [3.63, 3.8) is 0 Å². The van der Waals surface area contributed by atoms with Gasteiger partial charge in [-0.05, 0) is 91.8 Å². The largest absolute Gasteiger partial charge is 0.378 e. The molecule has 0 N–H and O–H groups in total. The molecule has 5 heteroatoms. The first-order chi connectivity index (χ1) is 19.5. The van der Waals surface area contributed by atoms with E-state index in [1.54, 1.807) is 0 Å². The molecule has 0 atom stereocenters. The van der Waals surface area contributed by atoms with Crippen molar-refractivity contribution >= 4 is 62.6 Å². The van der Waals surface area contributed by atoms with Gasteiger partial charge >= 0.3 is 0 Å². The molecule has 0 aliphatic carbocycles. The highest BCUT2D eigenvalue weighted by atomic mass is 35.5. The molecule has 6 aromatic rings. The minimum Gasteiger partial charge on any atom is -0.378 e. The van der Waals surface area contributed by atoms with Crippen LogP contribution in [0, 0.1) is 0 Å². The lowest BCUT2D eigenvalue weighted by Gasteiger charge is -2.11. The van der Waals surface area contributed by atoms with Crippen LogP contribution in [0.2, 0.25) is 10.3 Å². The first-order valence-electron chi connectivity index (χ1n) is 13.3. The fourth-order valence-electron chi connectivity index (χ4n) is 5.14. The summed E-state index contributed by atoms with van der Waals surface area (Å²) in [5.74, 6) is 0.938. The molecule has 5 aromatic carbocycles. The first-order valence-corrected chi connectivity index (χ1v) is 14.1. The molecule has 0 aliphatic rings. The molecule has 40 heavy (non-hydrogen) atoms. The summed E-state index contributed by atoms with van der Waals surface area (Å²) in [6, 6.07) is 38.4. The number of anilines is 1. The lowest BCUT2D eigenvalue weighted by atomic mass is 10.1. The molecular weight excluding hydrogens is 533 g/mol. The van der Waals surface area contributed by atoms with E-state index in [0.717, 1.165) is 28.2 Å². The maximum Gasteiger partial charge on any atom is 0.284 e. The van der Waals surface area contributed by atoms with Crippen LogP contribution in [0.4, 0.5) is 5.69 Å². The monoisotopic (exact) mass is 562 g/mol. The van der Waals surface area contributed by atoms with Gasteiger partial charge in [-0.3, -0.25) is 0 Å². The van der Waals surface area contributed by atoms with Gasteiger partial charge in [-0.15, -0.1) is 0 Å². The average molecular weight is 564 g/mol. The Hall–Kier alpha value is -4.05. The summed E-state index contributed by atoms with van der Waals surface area (Å²) >= 11 is 13.9. The van der Waals surface area contributed by atoms with Crippen molar-refractivity contribution in [2.75, 3.05) is 19.0 Å². The first kappa shape index (κ1) is 26.2. The van der Waals surface area contributed by atoms with Crippen LogP contribution >= 0.6 is 23.2 Å².